The Morgan fingerprint density at radius 2 is 1.82 bits per heavy atom. The summed E-state index contributed by atoms with van der Waals surface area (Å²) in [5.74, 6) is -0.806. The zero-order valence-electron chi connectivity index (χ0n) is 9.21. The van der Waals surface area contributed by atoms with E-state index in [0.717, 1.165) is 5.56 Å². The molecule has 0 aromatic heterocycles. The van der Waals surface area contributed by atoms with Crippen LogP contribution in [0.3, 0.4) is 0 Å². The van der Waals surface area contributed by atoms with Crippen LogP contribution in [0.1, 0.15) is 21.5 Å². The molecule has 0 bridgehead atoms. The third kappa shape index (κ3) is 2.44. The van der Waals surface area contributed by atoms with Gasteiger partial charge in [-0.05, 0) is 36.8 Å². The summed E-state index contributed by atoms with van der Waals surface area (Å²) in [5.41, 5.74) is 1.61. The molecule has 1 nitrogen and oxygen atoms in total. The lowest BCUT2D eigenvalue weighted by molar-refractivity contribution is 0.103. The SMILES string of the molecule is Cc1ccc(C(=O)c2ccccc2F)c(Br)c1. The Labute approximate surface area is 107 Å². The average Bonchev–Trinajstić information content (AvgIpc) is 2.29. The third-order valence-corrected chi connectivity index (χ3v) is 3.14. The summed E-state index contributed by atoms with van der Waals surface area (Å²) in [4.78, 5) is 12.1. The van der Waals surface area contributed by atoms with Crippen LogP contribution in [0.4, 0.5) is 4.39 Å². The predicted octanol–water partition coefficient (Wildman–Crippen LogP) is 4.13. The zero-order chi connectivity index (χ0) is 12.4. The largest absolute Gasteiger partial charge is 0.288 e. The number of ketones is 1. The minimum Gasteiger partial charge on any atom is -0.288 e. The van der Waals surface area contributed by atoms with Gasteiger partial charge in [-0.15, -0.1) is 0 Å². The molecule has 0 saturated heterocycles. The van der Waals surface area contributed by atoms with Gasteiger partial charge in [0.15, 0.2) is 5.78 Å². The summed E-state index contributed by atoms with van der Waals surface area (Å²) >= 11 is 3.33. The van der Waals surface area contributed by atoms with Crippen molar-refractivity contribution in [1.82, 2.24) is 0 Å². The van der Waals surface area contributed by atoms with Crippen molar-refractivity contribution in [2.24, 2.45) is 0 Å². The van der Waals surface area contributed by atoms with Crippen molar-refractivity contribution in [1.29, 1.82) is 0 Å². The van der Waals surface area contributed by atoms with Gasteiger partial charge >= 0.3 is 0 Å². The van der Waals surface area contributed by atoms with E-state index in [1.807, 2.05) is 19.1 Å². The number of carbonyl (C=O) groups excluding carboxylic acids is 1. The molecule has 0 atom stereocenters. The van der Waals surface area contributed by atoms with E-state index in [-0.39, 0.29) is 11.3 Å². The van der Waals surface area contributed by atoms with E-state index < -0.39 is 5.82 Å². The second-order valence-corrected chi connectivity index (χ2v) is 4.65. The third-order valence-electron chi connectivity index (χ3n) is 2.49. The fourth-order valence-corrected chi connectivity index (χ4v) is 2.27. The zero-order valence-corrected chi connectivity index (χ0v) is 10.8. The number of hydrogen-bond acceptors (Lipinski definition) is 1. The van der Waals surface area contributed by atoms with Gasteiger partial charge in [0.05, 0.1) is 5.56 Å². The lowest BCUT2D eigenvalue weighted by Gasteiger charge is -2.05. The van der Waals surface area contributed by atoms with Crippen LogP contribution in [0.2, 0.25) is 0 Å². The molecule has 0 fully saturated rings. The van der Waals surface area contributed by atoms with Crippen molar-refractivity contribution in [3.05, 3.63) is 69.4 Å². The Morgan fingerprint density at radius 1 is 1.12 bits per heavy atom. The Balaban J connectivity index is 2.48. The van der Waals surface area contributed by atoms with Crippen LogP contribution >= 0.6 is 15.9 Å². The van der Waals surface area contributed by atoms with Gasteiger partial charge in [0.2, 0.25) is 0 Å². The van der Waals surface area contributed by atoms with Crippen LogP contribution in [0.15, 0.2) is 46.9 Å². The smallest absolute Gasteiger partial charge is 0.197 e. The number of hydrogen-bond donors (Lipinski definition) is 0. The van der Waals surface area contributed by atoms with Gasteiger partial charge in [-0.1, -0.05) is 34.1 Å². The lowest BCUT2D eigenvalue weighted by atomic mass is 10.0. The summed E-state index contributed by atoms with van der Waals surface area (Å²) in [7, 11) is 0. The predicted molar refractivity (Wildman–Crippen MR) is 68.7 cm³/mol. The molecule has 0 radical (unpaired) electrons. The Morgan fingerprint density at radius 3 is 2.47 bits per heavy atom. The highest BCUT2D eigenvalue weighted by atomic mass is 79.9. The molecule has 2 aromatic rings. The molecule has 17 heavy (non-hydrogen) atoms. The monoisotopic (exact) mass is 292 g/mol. The molecule has 0 aliphatic carbocycles. The number of rotatable bonds is 2. The number of halogens is 2. The van der Waals surface area contributed by atoms with Crippen molar-refractivity contribution in [3.63, 3.8) is 0 Å². The lowest BCUT2D eigenvalue weighted by Crippen LogP contribution is -2.05. The van der Waals surface area contributed by atoms with Crippen molar-refractivity contribution < 1.29 is 9.18 Å². The molecule has 2 rings (SSSR count). The normalized spacial score (nSPS) is 10.3. The van der Waals surface area contributed by atoms with Gasteiger partial charge in [0, 0.05) is 10.0 Å². The molecule has 0 amide bonds. The van der Waals surface area contributed by atoms with E-state index in [1.165, 1.54) is 12.1 Å². The van der Waals surface area contributed by atoms with Gasteiger partial charge in [-0.25, -0.2) is 4.39 Å². The van der Waals surface area contributed by atoms with Crippen molar-refractivity contribution in [2.45, 2.75) is 6.92 Å². The van der Waals surface area contributed by atoms with Gasteiger partial charge < -0.3 is 0 Å². The molecule has 86 valence electrons. The molecule has 0 aliphatic rings. The average molecular weight is 293 g/mol. The highest BCUT2D eigenvalue weighted by molar-refractivity contribution is 9.10. The van der Waals surface area contributed by atoms with Crippen molar-refractivity contribution in [2.75, 3.05) is 0 Å². The maximum absolute atomic E-state index is 13.5. The van der Waals surface area contributed by atoms with E-state index in [0.29, 0.717) is 10.0 Å². The molecule has 0 unspecified atom stereocenters. The first kappa shape index (κ1) is 12.0. The molecular formula is C14H10BrFO. The molecule has 0 saturated carbocycles. The molecule has 2 aromatic carbocycles. The molecule has 0 N–H and O–H groups in total. The molecule has 0 heterocycles. The second-order valence-electron chi connectivity index (χ2n) is 3.79. The van der Waals surface area contributed by atoms with Crippen LogP contribution in [-0.2, 0) is 0 Å². The van der Waals surface area contributed by atoms with Gasteiger partial charge in [0.25, 0.3) is 0 Å². The van der Waals surface area contributed by atoms with Crippen LogP contribution in [0.5, 0.6) is 0 Å². The molecule has 3 heteroatoms. The first-order valence-corrected chi connectivity index (χ1v) is 5.94. The fourth-order valence-electron chi connectivity index (χ4n) is 1.59. The van der Waals surface area contributed by atoms with Crippen LogP contribution < -0.4 is 0 Å². The Bertz CT molecular complexity index is 578. The summed E-state index contributed by atoms with van der Waals surface area (Å²) < 4.78 is 14.2. The van der Waals surface area contributed by atoms with Gasteiger partial charge in [-0.2, -0.15) is 0 Å². The Hall–Kier alpha value is -1.48. The molecule has 0 spiro atoms. The highest BCUT2D eigenvalue weighted by Crippen LogP contribution is 2.22. The van der Waals surface area contributed by atoms with Gasteiger partial charge in [-0.3, -0.25) is 4.79 Å². The summed E-state index contributed by atoms with van der Waals surface area (Å²) in [6.07, 6.45) is 0. The number of aryl methyl sites for hydroxylation is 1. The van der Waals surface area contributed by atoms with Crippen LogP contribution in [-0.4, -0.2) is 5.78 Å². The quantitative estimate of drug-likeness (QED) is 0.761. The van der Waals surface area contributed by atoms with Crippen LogP contribution in [0, 0.1) is 12.7 Å². The van der Waals surface area contributed by atoms with E-state index in [2.05, 4.69) is 15.9 Å². The van der Waals surface area contributed by atoms with Gasteiger partial charge in [0.1, 0.15) is 5.82 Å². The number of benzene rings is 2. The first-order chi connectivity index (χ1) is 8.09. The maximum Gasteiger partial charge on any atom is 0.197 e. The second kappa shape index (κ2) is 4.80. The molecule has 0 aliphatic heterocycles. The topological polar surface area (TPSA) is 17.1 Å². The minimum atomic E-state index is -0.495. The standard InChI is InChI=1S/C14H10BrFO/c1-9-6-7-10(12(15)8-9)14(17)11-4-2-3-5-13(11)16/h2-8H,1H3. The van der Waals surface area contributed by atoms with E-state index >= 15 is 0 Å². The first-order valence-electron chi connectivity index (χ1n) is 5.15. The highest BCUT2D eigenvalue weighted by Gasteiger charge is 2.15. The maximum atomic E-state index is 13.5. The summed E-state index contributed by atoms with van der Waals surface area (Å²) in [5, 5.41) is 0. The summed E-state index contributed by atoms with van der Waals surface area (Å²) in [6, 6.07) is 11.4. The van der Waals surface area contributed by atoms with Crippen molar-refractivity contribution in [3.8, 4) is 0 Å². The fraction of sp³-hybridized carbons (Fsp3) is 0.0714. The van der Waals surface area contributed by atoms with Crippen molar-refractivity contribution >= 4 is 21.7 Å². The van der Waals surface area contributed by atoms with E-state index in [9.17, 15) is 9.18 Å². The minimum absolute atomic E-state index is 0.0945. The van der Waals surface area contributed by atoms with E-state index in [1.54, 1.807) is 18.2 Å². The van der Waals surface area contributed by atoms with E-state index in [4.69, 9.17) is 0 Å². The van der Waals surface area contributed by atoms with Crippen LogP contribution in [0.25, 0.3) is 0 Å². The number of carbonyl (C=O) groups is 1. The Kier molecular flexibility index (Phi) is 3.38. The summed E-state index contributed by atoms with van der Waals surface area (Å²) in [6.45, 7) is 1.93. The molecular weight excluding hydrogens is 283 g/mol.